The number of nitrogens with one attached hydrogen (secondary N) is 3. The third-order valence-corrected chi connectivity index (χ3v) is 5.17. The van der Waals surface area contributed by atoms with Gasteiger partial charge in [0, 0.05) is 40.1 Å². The van der Waals surface area contributed by atoms with E-state index < -0.39 is 6.09 Å². The Morgan fingerprint density at radius 2 is 2.03 bits per heavy atom. The number of H-pyrrole nitrogens is 1. The largest absolute Gasteiger partial charge is 0.463 e. The number of aromatic nitrogens is 6. The lowest BCUT2D eigenvalue weighted by Gasteiger charge is -2.04. The number of amides is 1. The highest BCUT2D eigenvalue weighted by atomic mass is 32.1. The van der Waals surface area contributed by atoms with Crippen LogP contribution >= 0.6 is 11.5 Å². The Morgan fingerprint density at radius 3 is 2.84 bits per heavy atom. The lowest BCUT2D eigenvalue weighted by Crippen LogP contribution is -2.12. The number of hydrogen-bond acceptors (Lipinski definition) is 8. The van der Waals surface area contributed by atoms with E-state index in [1.807, 2.05) is 6.07 Å². The van der Waals surface area contributed by atoms with E-state index in [1.165, 1.54) is 30.3 Å². The Bertz CT molecular complexity index is 1440. The minimum Gasteiger partial charge on any atom is -0.463 e. The topological polar surface area (TPSA) is 151 Å². The molecule has 0 radical (unpaired) electrons. The molecule has 5 aromatic rings. The van der Waals surface area contributed by atoms with E-state index in [0.29, 0.717) is 33.2 Å². The summed E-state index contributed by atoms with van der Waals surface area (Å²) in [6, 6.07) is 12.4. The predicted octanol–water partition coefficient (Wildman–Crippen LogP) is 3.80. The van der Waals surface area contributed by atoms with E-state index in [9.17, 15) is 9.59 Å². The van der Waals surface area contributed by atoms with Gasteiger partial charge < -0.3 is 20.7 Å². The normalized spacial score (nSPS) is 10.9. The summed E-state index contributed by atoms with van der Waals surface area (Å²) < 4.78 is 5.30. The molecule has 32 heavy (non-hydrogen) atoms. The summed E-state index contributed by atoms with van der Waals surface area (Å²) in [5.41, 5.74) is 2.85. The Kier molecular flexibility index (Phi) is 4.80. The fourth-order valence-electron chi connectivity index (χ4n) is 3.09. The van der Waals surface area contributed by atoms with E-state index in [1.54, 1.807) is 36.4 Å². The van der Waals surface area contributed by atoms with Crippen molar-refractivity contribution in [2.75, 3.05) is 10.6 Å². The van der Waals surface area contributed by atoms with Gasteiger partial charge in [0.15, 0.2) is 5.82 Å². The lowest BCUT2D eigenvalue weighted by atomic mass is 10.2. The highest BCUT2D eigenvalue weighted by molar-refractivity contribution is 7.09. The van der Waals surface area contributed by atoms with Crippen LogP contribution in [0.3, 0.4) is 0 Å². The van der Waals surface area contributed by atoms with Crippen molar-refractivity contribution in [2.24, 2.45) is 0 Å². The molecular weight excluding hydrogens is 432 g/mol. The van der Waals surface area contributed by atoms with Crippen LogP contribution in [0.25, 0.3) is 22.3 Å². The van der Waals surface area contributed by atoms with E-state index in [4.69, 9.17) is 5.11 Å². The van der Waals surface area contributed by atoms with Crippen LogP contribution in [0.4, 0.5) is 21.3 Å². The second kappa shape index (κ2) is 7.92. The minimum absolute atomic E-state index is 0.291. The molecule has 0 saturated heterocycles. The molecule has 0 aliphatic carbocycles. The summed E-state index contributed by atoms with van der Waals surface area (Å²) in [7, 11) is 0. The number of rotatable bonds is 5. The zero-order chi connectivity index (χ0) is 22.1. The monoisotopic (exact) mass is 446 g/mol. The Balaban J connectivity index is 1.33. The molecule has 5 rings (SSSR count). The van der Waals surface area contributed by atoms with Crippen molar-refractivity contribution in [1.29, 1.82) is 0 Å². The average Bonchev–Trinajstić information content (AvgIpc) is 3.54. The van der Waals surface area contributed by atoms with Gasteiger partial charge in [0.25, 0.3) is 5.91 Å². The Morgan fingerprint density at radius 1 is 1.12 bits per heavy atom. The average molecular weight is 446 g/mol. The molecule has 4 N–H and O–H groups in total. The number of hydrogen-bond donors (Lipinski definition) is 4. The number of benzene rings is 2. The van der Waals surface area contributed by atoms with E-state index in [-0.39, 0.29) is 5.91 Å². The number of aromatic amines is 1. The van der Waals surface area contributed by atoms with Crippen molar-refractivity contribution in [3.8, 4) is 11.4 Å². The SMILES string of the molecule is O=C(Nc1cccc(-c2nsc(Nc3ccc4c(cnn4C(=O)O)c3)n2)c1)c1c[nH]cn1. The molecule has 0 unspecified atom stereocenters. The highest BCUT2D eigenvalue weighted by Crippen LogP contribution is 2.27. The maximum atomic E-state index is 12.2. The van der Waals surface area contributed by atoms with Crippen LogP contribution in [0.2, 0.25) is 0 Å². The molecule has 0 aliphatic rings. The second-order valence-corrected chi connectivity index (χ2v) is 7.40. The van der Waals surface area contributed by atoms with Crippen molar-refractivity contribution < 1.29 is 14.7 Å². The zero-order valence-corrected chi connectivity index (χ0v) is 17.0. The lowest BCUT2D eigenvalue weighted by molar-refractivity contribution is 0.102. The van der Waals surface area contributed by atoms with Gasteiger partial charge in [-0.1, -0.05) is 12.1 Å². The molecule has 1 amide bonds. The summed E-state index contributed by atoms with van der Waals surface area (Å²) in [5, 5.41) is 20.2. The number of fused-ring (bicyclic) bond motifs is 1. The smallest absolute Gasteiger partial charge is 0.432 e. The van der Waals surface area contributed by atoms with Crippen molar-refractivity contribution in [3.63, 3.8) is 0 Å². The van der Waals surface area contributed by atoms with Crippen LogP contribution in [0, 0.1) is 0 Å². The van der Waals surface area contributed by atoms with Gasteiger partial charge in [-0.05, 0) is 30.3 Å². The van der Waals surface area contributed by atoms with Gasteiger partial charge in [0.05, 0.1) is 18.0 Å². The predicted molar refractivity (Wildman–Crippen MR) is 118 cm³/mol. The maximum Gasteiger partial charge on any atom is 0.432 e. The summed E-state index contributed by atoms with van der Waals surface area (Å²) >= 11 is 1.18. The molecule has 158 valence electrons. The summed E-state index contributed by atoms with van der Waals surface area (Å²) in [6.45, 7) is 0. The highest BCUT2D eigenvalue weighted by Gasteiger charge is 2.12. The zero-order valence-electron chi connectivity index (χ0n) is 16.2. The molecule has 3 aromatic heterocycles. The maximum absolute atomic E-state index is 12.2. The molecule has 2 aromatic carbocycles. The first-order valence-corrected chi connectivity index (χ1v) is 10.1. The van der Waals surface area contributed by atoms with Crippen molar-refractivity contribution >= 4 is 50.9 Å². The van der Waals surface area contributed by atoms with Gasteiger partial charge in [0.2, 0.25) is 5.13 Å². The van der Waals surface area contributed by atoms with Crippen LogP contribution in [-0.4, -0.2) is 46.2 Å². The van der Waals surface area contributed by atoms with Crippen LogP contribution < -0.4 is 10.6 Å². The van der Waals surface area contributed by atoms with E-state index in [0.717, 1.165) is 15.9 Å². The second-order valence-electron chi connectivity index (χ2n) is 6.65. The Hall–Kier alpha value is -4.58. The molecule has 0 atom stereocenters. The summed E-state index contributed by atoms with van der Waals surface area (Å²) in [5.74, 6) is 0.187. The van der Waals surface area contributed by atoms with Crippen molar-refractivity contribution in [1.82, 2.24) is 29.1 Å². The molecule has 0 aliphatic heterocycles. The fraction of sp³-hybridized carbons (Fsp3) is 0. The van der Waals surface area contributed by atoms with Crippen LogP contribution in [0.15, 0.2) is 61.2 Å². The Labute approximate surface area is 183 Å². The first-order chi connectivity index (χ1) is 15.6. The number of imidazole rings is 1. The first-order valence-electron chi connectivity index (χ1n) is 9.29. The molecular formula is C20H14N8O3S. The van der Waals surface area contributed by atoms with Gasteiger partial charge in [-0.25, -0.2) is 9.78 Å². The standard InChI is InChI=1S/C20H14N8O3S/c29-18(15-9-21-10-22-15)24-13-3-1-2-11(6-13)17-26-19(32-27-17)25-14-4-5-16-12(7-14)8-23-28(16)20(30)31/h1-10H,(H,21,22)(H,24,29)(H,30,31)(H,25,26,27). The number of carbonyl (C=O) groups is 2. The van der Waals surface area contributed by atoms with Crippen molar-refractivity contribution in [3.05, 3.63) is 66.9 Å². The van der Waals surface area contributed by atoms with Gasteiger partial charge in [-0.2, -0.15) is 19.1 Å². The molecule has 11 nitrogen and oxygen atoms in total. The third kappa shape index (κ3) is 3.77. The molecule has 0 spiro atoms. The molecule has 3 heterocycles. The quantitative estimate of drug-likeness (QED) is 0.318. The van der Waals surface area contributed by atoms with Crippen LogP contribution in [0.5, 0.6) is 0 Å². The minimum atomic E-state index is -1.14. The number of carbonyl (C=O) groups excluding carboxylic acids is 1. The van der Waals surface area contributed by atoms with Crippen LogP contribution in [-0.2, 0) is 0 Å². The number of carboxylic acid groups (broad SMARTS) is 1. The third-order valence-electron chi connectivity index (χ3n) is 4.54. The first kappa shape index (κ1) is 19.4. The summed E-state index contributed by atoms with van der Waals surface area (Å²) in [4.78, 5) is 34.6. The summed E-state index contributed by atoms with van der Waals surface area (Å²) in [6.07, 6.45) is 3.30. The molecule has 0 fully saturated rings. The fourth-order valence-corrected chi connectivity index (χ4v) is 3.70. The van der Waals surface area contributed by atoms with Gasteiger partial charge in [-0.3, -0.25) is 4.79 Å². The molecule has 0 bridgehead atoms. The van der Waals surface area contributed by atoms with Gasteiger partial charge in [0.1, 0.15) is 5.69 Å². The van der Waals surface area contributed by atoms with Crippen molar-refractivity contribution in [2.45, 2.75) is 0 Å². The van der Waals surface area contributed by atoms with Gasteiger partial charge >= 0.3 is 6.09 Å². The van der Waals surface area contributed by atoms with Gasteiger partial charge in [-0.15, -0.1) is 0 Å². The van der Waals surface area contributed by atoms with E-state index in [2.05, 4.69) is 35.1 Å². The van der Waals surface area contributed by atoms with Crippen LogP contribution in [0.1, 0.15) is 10.5 Å². The molecule has 0 saturated carbocycles. The number of anilines is 3. The van der Waals surface area contributed by atoms with E-state index >= 15 is 0 Å². The number of nitrogens with zero attached hydrogens (tertiary/aromatic N) is 5. The molecule has 12 heteroatoms.